The Kier molecular flexibility index (Phi) is 4.75. The van der Waals surface area contributed by atoms with E-state index in [9.17, 15) is 14.0 Å². The van der Waals surface area contributed by atoms with Gasteiger partial charge in [0.2, 0.25) is 5.91 Å². The number of carbonyl (C=O) groups is 2. The number of hydrogen-bond acceptors (Lipinski definition) is 2. The van der Waals surface area contributed by atoms with Crippen molar-refractivity contribution in [3.8, 4) is 0 Å². The van der Waals surface area contributed by atoms with Gasteiger partial charge in [-0.15, -0.1) is 0 Å². The third kappa shape index (κ3) is 3.63. The second-order valence-corrected chi connectivity index (χ2v) is 7.07. The molecule has 4 rings (SSSR count). The van der Waals surface area contributed by atoms with Crippen LogP contribution in [0.5, 0.6) is 0 Å². The summed E-state index contributed by atoms with van der Waals surface area (Å²) in [4.78, 5) is 30.3. The van der Waals surface area contributed by atoms with E-state index in [1.807, 2.05) is 24.3 Å². The van der Waals surface area contributed by atoms with Crippen molar-refractivity contribution in [2.75, 3.05) is 13.1 Å². The number of piperidine rings is 1. The highest BCUT2D eigenvalue weighted by atomic mass is 19.1. The maximum Gasteiger partial charge on any atom is 0.226 e. The highest BCUT2D eigenvalue weighted by molar-refractivity contribution is 6.08. The summed E-state index contributed by atoms with van der Waals surface area (Å²) in [6.07, 6.45) is 3.30. The number of ketones is 1. The third-order valence-electron chi connectivity index (χ3n) is 5.32. The molecule has 2 aromatic carbocycles. The molecule has 1 N–H and O–H groups in total. The number of amides is 1. The van der Waals surface area contributed by atoms with Crippen LogP contribution < -0.4 is 0 Å². The standard InChI is InChI=1S/C22H21FN2O2/c23-17-5-3-4-15(12-17)13-21(26)25-10-8-16(9-11-25)22(27)19-14-24-20-7-2-1-6-18(19)20/h1-7,12,14,16,24H,8-11,13H2. The Labute approximate surface area is 157 Å². The van der Waals surface area contributed by atoms with Crippen LogP contribution in [0.3, 0.4) is 0 Å². The van der Waals surface area contributed by atoms with Crippen molar-refractivity contribution in [2.24, 2.45) is 5.92 Å². The molecule has 1 amide bonds. The lowest BCUT2D eigenvalue weighted by Gasteiger charge is -2.31. The minimum Gasteiger partial charge on any atom is -0.360 e. The van der Waals surface area contributed by atoms with E-state index in [0.29, 0.717) is 31.5 Å². The summed E-state index contributed by atoms with van der Waals surface area (Å²) in [5, 5.41) is 0.951. The van der Waals surface area contributed by atoms with E-state index in [0.717, 1.165) is 16.5 Å². The summed E-state index contributed by atoms with van der Waals surface area (Å²) < 4.78 is 13.3. The number of aromatic amines is 1. The quantitative estimate of drug-likeness (QED) is 0.712. The number of H-pyrrole nitrogens is 1. The first-order valence-electron chi connectivity index (χ1n) is 9.24. The molecule has 1 aromatic heterocycles. The zero-order valence-corrected chi connectivity index (χ0v) is 15.0. The minimum atomic E-state index is -0.330. The van der Waals surface area contributed by atoms with Crippen LogP contribution in [0.4, 0.5) is 4.39 Å². The minimum absolute atomic E-state index is 0.0152. The number of benzene rings is 2. The van der Waals surface area contributed by atoms with E-state index in [2.05, 4.69) is 4.98 Å². The molecule has 3 aromatic rings. The normalized spacial score (nSPS) is 15.2. The van der Waals surface area contributed by atoms with Crippen LogP contribution in [0.1, 0.15) is 28.8 Å². The number of nitrogens with one attached hydrogen (secondary N) is 1. The number of para-hydroxylation sites is 1. The first-order chi connectivity index (χ1) is 13.1. The summed E-state index contributed by atoms with van der Waals surface area (Å²) in [6, 6.07) is 13.9. The van der Waals surface area contributed by atoms with Crippen molar-refractivity contribution < 1.29 is 14.0 Å². The average molecular weight is 364 g/mol. The zero-order chi connectivity index (χ0) is 18.8. The summed E-state index contributed by atoms with van der Waals surface area (Å²) in [5.74, 6) is -0.269. The van der Waals surface area contributed by atoms with Gasteiger partial charge in [0, 0.05) is 41.7 Å². The van der Waals surface area contributed by atoms with E-state index in [1.54, 1.807) is 23.2 Å². The second kappa shape index (κ2) is 7.35. The van der Waals surface area contributed by atoms with Gasteiger partial charge in [0.1, 0.15) is 5.82 Å². The van der Waals surface area contributed by atoms with Gasteiger partial charge >= 0.3 is 0 Å². The Morgan fingerprint density at radius 2 is 1.85 bits per heavy atom. The van der Waals surface area contributed by atoms with Crippen LogP contribution in [0.25, 0.3) is 10.9 Å². The Morgan fingerprint density at radius 1 is 1.07 bits per heavy atom. The van der Waals surface area contributed by atoms with Gasteiger partial charge < -0.3 is 9.88 Å². The number of aromatic nitrogens is 1. The maximum absolute atomic E-state index is 13.3. The lowest BCUT2D eigenvalue weighted by molar-refractivity contribution is -0.131. The van der Waals surface area contributed by atoms with Crippen LogP contribution in [-0.4, -0.2) is 34.7 Å². The monoisotopic (exact) mass is 364 g/mol. The molecule has 4 nitrogen and oxygen atoms in total. The second-order valence-electron chi connectivity index (χ2n) is 7.07. The van der Waals surface area contributed by atoms with Crippen LogP contribution >= 0.6 is 0 Å². The average Bonchev–Trinajstić information content (AvgIpc) is 3.12. The molecule has 0 bridgehead atoms. The highest BCUT2D eigenvalue weighted by Gasteiger charge is 2.29. The summed E-state index contributed by atoms with van der Waals surface area (Å²) in [5.41, 5.74) is 2.37. The molecular weight excluding hydrogens is 343 g/mol. The molecule has 0 spiro atoms. The summed E-state index contributed by atoms with van der Waals surface area (Å²) in [6.45, 7) is 1.12. The fourth-order valence-corrected chi connectivity index (χ4v) is 3.82. The molecule has 2 heterocycles. The smallest absolute Gasteiger partial charge is 0.226 e. The summed E-state index contributed by atoms with van der Waals surface area (Å²) in [7, 11) is 0. The van der Waals surface area contributed by atoms with Gasteiger partial charge in [-0.3, -0.25) is 9.59 Å². The van der Waals surface area contributed by atoms with Crippen LogP contribution in [0.15, 0.2) is 54.7 Å². The van der Waals surface area contributed by atoms with Crippen molar-refractivity contribution in [2.45, 2.75) is 19.3 Å². The van der Waals surface area contributed by atoms with Gasteiger partial charge in [-0.25, -0.2) is 4.39 Å². The molecule has 1 aliphatic heterocycles. The topological polar surface area (TPSA) is 53.2 Å². The highest BCUT2D eigenvalue weighted by Crippen LogP contribution is 2.26. The van der Waals surface area contributed by atoms with E-state index >= 15 is 0 Å². The van der Waals surface area contributed by atoms with Crippen molar-refractivity contribution >= 4 is 22.6 Å². The number of fused-ring (bicyclic) bond motifs is 1. The number of hydrogen-bond donors (Lipinski definition) is 1. The summed E-state index contributed by atoms with van der Waals surface area (Å²) >= 11 is 0. The van der Waals surface area contributed by atoms with E-state index in [4.69, 9.17) is 0 Å². The van der Waals surface area contributed by atoms with E-state index in [-0.39, 0.29) is 29.8 Å². The lowest BCUT2D eigenvalue weighted by Crippen LogP contribution is -2.41. The van der Waals surface area contributed by atoms with Gasteiger partial charge in [-0.1, -0.05) is 30.3 Å². The van der Waals surface area contributed by atoms with Gasteiger partial charge in [-0.2, -0.15) is 0 Å². The van der Waals surface area contributed by atoms with Crippen molar-refractivity contribution in [1.29, 1.82) is 0 Å². The first-order valence-corrected chi connectivity index (χ1v) is 9.24. The SMILES string of the molecule is O=C(c1c[nH]c2ccccc12)C1CCN(C(=O)Cc2cccc(F)c2)CC1. The Bertz CT molecular complexity index is 987. The molecule has 138 valence electrons. The lowest BCUT2D eigenvalue weighted by atomic mass is 9.88. The molecule has 5 heteroatoms. The first kappa shape index (κ1) is 17.5. The van der Waals surface area contributed by atoms with Gasteiger partial charge in [0.25, 0.3) is 0 Å². The number of carbonyl (C=O) groups excluding carboxylic acids is 2. The van der Waals surface area contributed by atoms with Crippen LogP contribution in [0.2, 0.25) is 0 Å². The van der Waals surface area contributed by atoms with Gasteiger partial charge in [-0.05, 0) is 36.6 Å². The molecule has 1 saturated heterocycles. The van der Waals surface area contributed by atoms with Crippen molar-refractivity contribution in [3.63, 3.8) is 0 Å². The number of rotatable bonds is 4. The molecule has 27 heavy (non-hydrogen) atoms. The molecule has 0 atom stereocenters. The van der Waals surface area contributed by atoms with Crippen molar-refractivity contribution in [1.82, 2.24) is 9.88 Å². The fourth-order valence-electron chi connectivity index (χ4n) is 3.82. The third-order valence-corrected chi connectivity index (χ3v) is 5.32. The molecule has 1 aliphatic rings. The van der Waals surface area contributed by atoms with Crippen molar-refractivity contribution in [3.05, 3.63) is 71.7 Å². The largest absolute Gasteiger partial charge is 0.360 e. The van der Waals surface area contributed by atoms with E-state index in [1.165, 1.54) is 12.1 Å². The fraction of sp³-hybridized carbons (Fsp3) is 0.273. The molecule has 0 unspecified atom stereocenters. The number of likely N-dealkylation sites (tertiary alicyclic amines) is 1. The number of Topliss-reactive ketones (excluding diaryl/α,β-unsaturated/α-hetero) is 1. The molecule has 0 aliphatic carbocycles. The Balaban J connectivity index is 1.38. The Morgan fingerprint density at radius 3 is 2.63 bits per heavy atom. The maximum atomic E-state index is 13.3. The van der Waals surface area contributed by atoms with Crippen LogP contribution in [0, 0.1) is 11.7 Å². The molecular formula is C22H21FN2O2. The zero-order valence-electron chi connectivity index (χ0n) is 15.0. The van der Waals surface area contributed by atoms with E-state index < -0.39 is 0 Å². The molecule has 0 radical (unpaired) electrons. The van der Waals surface area contributed by atoms with Gasteiger partial charge in [0.05, 0.1) is 6.42 Å². The molecule has 0 saturated carbocycles. The predicted molar refractivity (Wildman–Crippen MR) is 102 cm³/mol. The predicted octanol–water partition coefficient (Wildman–Crippen LogP) is 3.97. The Hall–Kier alpha value is -2.95. The number of halogens is 1. The van der Waals surface area contributed by atoms with Crippen LogP contribution in [-0.2, 0) is 11.2 Å². The number of nitrogens with zero attached hydrogens (tertiary/aromatic N) is 1. The van der Waals surface area contributed by atoms with Gasteiger partial charge in [0.15, 0.2) is 5.78 Å². The molecule has 1 fully saturated rings.